The van der Waals surface area contributed by atoms with E-state index in [0.29, 0.717) is 18.0 Å². The third-order valence-electron chi connectivity index (χ3n) is 4.28. The largest absolute Gasteiger partial charge is 0.457 e. The molecular weight excluding hydrogens is 307 g/mol. The van der Waals surface area contributed by atoms with Crippen LogP contribution in [-0.2, 0) is 11.3 Å². The Balaban J connectivity index is 1.51. The molecule has 2 atom stereocenters. The van der Waals surface area contributed by atoms with Crippen molar-refractivity contribution in [1.29, 1.82) is 0 Å². The molecule has 1 aliphatic rings. The number of ether oxygens (including phenoxy) is 1. The molecular formula is C19H21FN2O2. The van der Waals surface area contributed by atoms with Crippen molar-refractivity contribution < 1.29 is 13.9 Å². The summed E-state index contributed by atoms with van der Waals surface area (Å²) in [5, 5.41) is 2.96. The van der Waals surface area contributed by atoms with Crippen molar-refractivity contribution >= 4 is 5.91 Å². The summed E-state index contributed by atoms with van der Waals surface area (Å²) < 4.78 is 18.5. The number of rotatable bonds is 5. The van der Waals surface area contributed by atoms with Gasteiger partial charge in [-0.2, -0.15) is 0 Å². The number of carbonyl (C=O) groups is 1. The quantitative estimate of drug-likeness (QED) is 0.884. The Labute approximate surface area is 140 Å². The van der Waals surface area contributed by atoms with Gasteiger partial charge in [-0.15, -0.1) is 0 Å². The zero-order valence-corrected chi connectivity index (χ0v) is 13.4. The van der Waals surface area contributed by atoms with Crippen LogP contribution in [0.25, 0.3) is 0 Å². The summed E-state index contributed by atoms with van der Waals surface area (Å²) in [6.45, 7) is 0.487. The average molecular weight is 328 g/mol. The van der Waals surface area contributed by atoms with E-state index in [4.69, 9.17) is 10.5 Å². The Morgan fingerprint density at radius 1 is 1.08 bits per heavy atom. The van der Waals surface area contributed by atoms with Gasteiger partial charge in [0.05, 0.1) is 0 Å². The summed E-state index contributed by atoms with van der Waals surface area (Å²) in [7, 11) is 0. The number of amides is 1. The van der Waals surface area contributed by atoms with E-state index in [1.807, 2.05) is 24.3 Å². The van der Waals surface area contributed by atoms with Gasteiger partial charge in [0.25, 0.3) is 0 Å². The number of nitrogens with one attached hydrogen (secondary N) is 1. The van der Waals surface area contributed by atoms with Gasteiger partial charge >= 0.3 is 0 Å². The molecule has 1 fully saturated rings. The molecule has 3 rings (SSSR count). The van der Waals surface area contributed by atoms with Crippen LogP contribution in [0.3, 0.4) is 0 Å². The minimum absolute atomic E-state index is 0.0427. The molecule has 0 heterocycles. The first-order valence-corrected chi connectivity index (χ1v) is 8.16. The Morgan fingerprint density at radius 3 is 2.29 bits per heavy atom. The highest BCUT2D eigenvalue weighted by Gasteiger charge is 2.27. The van der Waals surface area contributed by atoms with Crippen molar-refractivity contribution in [2.75, 3.05) is 0 Å². The highest BCUT2D eigenvalue weighted by Crippen LogP contribution is 2.24. The van der Waals surface area contributed by atoms with Gasteiger partial charge in [-0.25, -0.2) is 4.39 Å². The number of carbonyl (C=O) groups excluding carboxylic acids is 1. The van der Waals surface area contributed by atoms with E-state index in [9.17, 15) is 9.18 Å². The molecule has 0 spiro atoms. The van der Waals surface area contributed by atoms with Crippen molar-refractivity contribution in [1.82, 2.24) is 5.32 Å². The summed E-state index contributed by atoms with van der Waals surface area (Å²) in [5.41, 5.74) is 6.84. The molecule has 126 valence electrons. The van der Waals surface area contributed by atoms with E-state index in [1.165, 1.54) is 12.1 Å². The second-order valence-corrected chi connectivity index (χ2v) is 6.19. The molecule has 2 aromatic carbocycles. The summed E-state index contributed by atoms with van der Waals surface area (Å²) in [6, 6.07) is 13.5. The molecule has 0 aromatic heterocycles. The maximum Gasteiger partial charge on any atom is 0.223 e. The lowest BCUT2D eigenvalue weighted by Gasteiger charge is -2.11. The summed E-state index contributed by atoms with van der Waals surface area (Å²) in [6.07, 6.45) is 2.57. The van der Waals surface area contributed by atoms with Gasteiger partial charge in [-0.3, -0.25) is 4.79 Å². The first-order valence-electron chi connectivity index (χ1n) is 8.16. The Kier molecular flexibility index (Phi) is 5.11. The predicted octanol–water partition coefficient (Wildman–Crippen LogP) is 3.36. The van der Waals surface area contributed by atoms with Gasteiger partial charge in [0.1, 0.15) is 17.3 Å². The number of hydrogen-bond donors (Lipinski definition) is 2. The monoisotopic (exact) mass is 328 g/mol. The maximum absolute atomic E-state index is 12.9. The summed E-state index contributed by atoms with van der Waals surface area (Å²) >= 11 is 0. The number of halogens is 1. The molecule has 4 nitrogen and oxygen atoms in total. The first kappa shape index (κ1) is 16.5. The summed E-state index contributed by atoms with van der Waals surface area (Å²) in [4.78, 5) is 12.1. The molecule has 5 heteroatoms. The van der Waals surface area contributed by atoms with E-state index in [0.717, 1.165) is 24.8 Å². The van der Waals surface area contributed by atoms with Crippen LogP contribution in [0.2, 0.25) is 0 Å². The lowest BCUT2D eigenvalue weighted by molar-refractivity contribution is -0.125. The molecule has 0 saturated heterocycles. The van der Waals surface area contributed by atoms with E-state index >= 15 is 0 Å². The van der Waals surface area contributed by atoms with E-state index in [-0.39, 0.29) is 23.7 Å². The maximum atomic E-state index is 12.9. The topological polar surface area (TPSA) is 64.4 Å². The van der Waals surface area contributed by atoms with Crippen LogP contribution in [0.4, 0.5) is 4.39 Å². The number of nitrogens with two attached hydrogens (primary N) is 1. The van der Waals surface area contributed by atoms with Crippen LogP contribution in [0.5, 0.6) is 11.5 Å². The SMILES string of the molecule is NC1CCC(C(=O)NCc2ccc(Oc3ccc(F)cc3)cc2)C1. The van der Waals surface area contributed by atoms with Crippen molar-refractivity contribution in [3.63, 3.8) is 0 Å². The Hall–Kier alpha value is -2.40. The fourth-order valence-corrected chi connectivity index (χ4v) is 2.90. The summed E-state index contributed by atoms with van der Waals surface area (Å²) in [5.74, 6) is 1.07. The fourth-order valence-electron chi connectivity index (χ4n) is 2.90. The lowest BCUT2D eigenvalue weighted by Crippen LogP contribution is -2.29. The standard InChI is InChI=1S/C19H21FN2O2/c20-15-4-9-18(10-5-15)24-17-7-1-13(2-8-17)12-22-19(23)14-3-6-16(21)11-14/h1-2,4-5,7-10,14,16H,3,6,11-12,21H2,(H,22,23). The minimum Gasteiger partial charge on any atom is -0.457 e. The average Bonchev–Trinajstić information content (AvgIpc) is 3.03. The van der Waals surface area contributed by atoms with Crippen LogP contribution in [0.1, 0.15) is 24.8 Å². The van der Waals surface area contributed by atoms with Crippen LogP contribution in [0, 0.1) is 11.7 Å². The second-order valence-electron chi connectivity index (χ2n) is 6.19. The van der Waals surface area contributed by atoms with Gasteiger partial charge in [-0.1, -0.05) is 12.1 Å². The molecule has 1 aliphatic carbocycles. The smallest absolute Gasteiger partial charge is 0.223 e. The van der Waals surface area contributed by atoms with Gasteiger partial charge in [-0.05, 0) is 61.2 Å². The number of hydrogen-bond acceptors (Lipinski definition) is 3. The van der Waals surface area contributed by atoms with Crippen molar-refractivity contribution in [3.05, 3.63) is 59.9 Å². The van der Waals surface area contributed by atoms with Gasteiger partial charge in [0.15, 0.2) is 0 Å². The third kappa shape index (κ3) is 4.32. The number of benzene rings is 2. The predicted molar refractivity (Wildman–Crippen MR) is 90.1 cm³/mol. The van der Waals surface area contributed by atoms with Crippen LogP contribution >= 0.6 is 0 Å². The molecule has 3 N–H and O–H groups in total. The van der Waals surface area contributed by atoms with E-state index in [1.54, 1.807) is 12.1 Å². The van der Waals surface area contributed by atoms with Crippen LogP contribution < -0.4 is 15.8 Å². The van der Waals surface area contributed by atoms with Gasteiger partial charge in [0, 0.05) is 18.5 Å². The molecule has 1 saturated carbocycles. The molecule has 2 unspecified atom stereocenters. The van der Waals surface area contributed by atoms with Crippen molar-refractivity contribution in [2.24, 2.45) is 11.7 Å². The zero-order chi connectivity index (χ0) is 16.9. The normalized spacial score (nSPS) is 19.9. The van der Waals surface area contributed by atoms with Crippen LogP contribution in [-0.4, -0.2) is 11.9 Å². The molecule has 24 heavy (non-hydrogen) atoms. The van der Waals surface area contributed by atoms with Crippen molar-refractivity contribution in [3.8, 4) is 11.5 Å². The Morgan fingerprint density at radius 2 is 1.71 bits per heavy atom. The van der Waals surface area contributed by atoms with Crippen molar-refractivity contribution in [2.45, 2.75) is 31.8 Å². The molecule has 0 bridgehead atoms. The molecule has 0 aliphatic heterocycles. The van der Waals surface area contributed by atoms with Gasteiger partial charge in [0.2, 0.25) is 5.91 Å². The van der Waals surface area contributed by atoms with E-state index < -0.39 is 0 Å². The highest BCUT2D eigenvalue weighted by molar-refractivity contribution is 5.79. The molecule has 1 amide bonds. The molecule has 0 radical (unpaired) electrons. The van der Waals surface area contributed by atoms with Crippen LogP contribution in [0.15, 0.2) is 48.5 Å². The second kappa shape index (κ2) is 7.45. The zero-order valence-electron chi connectivity index (χ0n) is 13.4. The Bertz CT molecular complexity index is 686. The minimum atomic E-state index is -0.295. The highest BCUT2D eigenvalue weighted by atomic mass is 19.1. The van der Waals surface area contributed by atoms with E-state index in [2.05, 4.69) is 5.32 Å². The lowest BCUT2D eigenvalue weighted by atomic mass is 10.1. The van der Waals surface area contributed by atoms with Gasteiger partial charge < -0.3 is 15.8 Å². The first-order chi connectivity index (χ1) is 11.6. The molecule has 2 aromatic rings. The fraction of sp³-hybridized carbons (Fsp3) is 0.316. The third-order valence-corrected chi connectivity index (χ3v) is 4.28.